The Morgan fingerprint density at radius 1 is 1.30 bits per heavy atom. The first-order valence-electron chi connectivity index (χ1n) is 10.1. The van der Waals surface area contributed by atoms with Gasteiger partial charge in [-0.15, -0.1) is 0 Å². The Kier molecular flexibility index (Phi) is 4.16. The molecule has 0 bridgehead atoms. The van der Waals surface area contributed by atoms with Crippen molar-refractivity contribution in [3.05, 3.63) is 41.2 Å². The summed E-state index contributed by atoms with van der Waals surface area (Å²) in [6.07, 6.45) is 15.3. The number of rotatable bonds is 4. The minimum Gasteiger partial charge on any atom is -0.392 e. The highest BCUT2D eigenvalue weighted by Gasteiger charge is 2.31. The van der Waals surface area contributed by atoms with Crippen LogP contribution in [0.5, 0.6) is 0 Å². The van der Waals surface area contributed by atoms with Gasteiger partial charge in [0, 0.05) is 36.5 Å². The van der Waals surface area contributed by atoms with Crippen molar-refractivity contribution >= 4 is 17.6 Å². The van der Waals surface area contributed by atoms with Crippen molar-refractivity contribution in [3.8, 4) is 0 Å². The molecule has 6 heteroatoms. The van der Waals surface area contributed by atoms with Crippen LogP contribution >= 0.6 is 0 Å². The number of likely N-dealkylation sites (tertiary alicyclic amines) is 1. The van der Waals surface area contributed by atoms with Crippen LogP contribution in [0.2, 0.25) is 0 Å². The molecule has 1 unspecified atom stereocenters. The molecule has 142 valence electrons. The van der Waals surface area contributed by atoms with Crippen LogP contribution in [0.3, 0.4) is 0 Å². The van der Waals surface area contributed by atoms with Gasteiger partial charge in [-0.3, -0.25) is 0 Å². The number of carbonyl (C=O) groups is 1. The summed E-state index contributed by atoms with van der Waals surface area (Å²) in [6, 6.07) is 0.464. The predicted octanol–water partition coefficient (Wildman–Crippen LogP) is 1.43. The molecule has 6 nitrogen and oxygen atoms in total. The second-order valence-electron chi connectivity index (χ2n) is 8.11. The second-order valence-corrected chi connectivity index (χ2v) is 8.11. The highest BCUT2D eigenvalue weighted by Crippen LogP contribution is 2.26. The number of amides is 2. The summed E-state index contributed by atoms with van der Waals surface area (Å²) in [5.41, 5.74) is 3.62. The van der Waals surface area contributed by atoms with Crippen molar-refractivity contribution in [2.45, 2.75) is 50.7 Å². The first-order chi connectivity index (χ1) is 13.2. The predicted molar refractivity (Wildman–Crippen MR) is 103 cm³/mol. The zero-order chi connectivity index (χ0) is 18.4. The second kappa shape index (κ2) is 6.68. The average molecular weight is 366 g/mol. The lowest BCUT2D eigenvalue weighted by molar-refractivity contribution is 0.0662. The number of nitrogens with one attached hydrogen (secondary N) is 1. The minimum atomic E-state index is -0.387. The van der Waals surface area contributed by atoms with E-state index in [0.717, 1.165) is 50.7 Å². The standard InChI is InChI=1S/C21H26N4O2/c26-20(14-7-9-24(10-8-14)21(27)23-15-5-6-15)11-18-16-3-1-2-4-17(16)19-12-22-13-25(18)19/h1-2,4,12-15,20,26H,3,5-11H2,(H,23,27). The third-order valence-corrected chi connectivity index (χ3v) is 6.28. The number of fused-ring (bicyclic) bond motifs is 3. The Labute approximate surface area is 158 Å². The Balaban J connectivity index is 1.27. The molecule has 0 spiro atoms. The SMILES string of the molecule is O=C(NC1CC1)N1CCC(C(O)Cc2c3c(c4cncn24)=CC=CC3)CC1. The number of imidazole rings is 1. The molecule has 3 aliphatic rings. The van der Waals surface area contributed by atoms with Crippen LogP contribution in [0.25, 0.3) is 11.6 Å². The lowest BCUT2D eigenvalue weighted by Gasteiger charge is -2.34. The van der Waals surface area contributed by atoms with Crippen molar-refractivity contribution in [2.75, 3.05) is 13.1 Å². The first kappa shape index (κ1) is 16.8. The number of piperidine rings is 1. The van der Waals surface area contributed by atoms with Gasteiger partial charge in [0.05, 0.1) is 24.1 Å². The number of allylic oxidation sites excluding steroid dienone is 2. The molecule has 1 saturated heterocycles. The monoisotopic (exact) mass is 366 g/mol. The average Bonchev–Trinajstić information content (AvgIpc) is 3.29. The summed E-state index contributed by atoms with van der Waals surface area (Å²) >= 11 is 0. The van der Waals surface area contributed by atoms with Crippen molar-refractivity contribution < 1.29 is 9.90 Å². The van der Waals surface area contributed by atoms with Gasteiger partial charge >= 0.3 is 6.03 Å². The Morgan fingerprint density at radius 3 is 2.89 bits per heavy atom. The number of nitrogens with zero attached hydrogens (tertiary/aromatic N) is 3. The number of hydrogen-bond acceptors (Lipinski definition) is 3. The third kappa shape index (κ3) is 3.12. The molecule has 2 aromatic heterocycles. The summed E-state index contributed by atoms with van der Waals surface area (Å²) in [5.74, 6) is 0.238. The molecular formula is C21H26N4O2. The Hall–Kier alpha value is -2.34. The van der Waals surface area contributed by atoms with Crippen molar-refractivity contribution in [2.24, 2.45) is 5.92 Å². The van der Waals surface area contributed by atoms with Crippen LogP contribution in [-0.4, -0.2) is 50.7 Å². The quantitative estimate of drug-likeness (QED) is 0.860. The molecule has 1 saturated carbocycles. The molecule has 0 aromatic carbocycles. The highest BCUT2D eigenvalue weighted by atomic mass is 16.3. The lowest BCUT2D eigenvalue weighted by Crippen LogP contribution is -2.46. The van der Waals surface area contributed by atoms with E-state index in [4.69, 9.17) is 0 Å². The van der Waals surface area contributed by atoms with Gasteiger partial charge in [-0.05, 0) is 43.6 Å². The summed E-state index contributed by atoms with van der Waals surface area (Å²) in [4.78, 5) is 18.4. The van der Waals surface area contributed by atoms with Crippen LogP contribution in [0.15, 0.2) is 24.7 Å². The van der Waals surface area contributed by atoms with Gasteiger partial charge in [0.25, 0.3) is 0 Å². The van der Waals surface area contributed by atoms with Gasteiger partial charge in [-0.1, -0.05) is 18.2 Å². The van der Waals surface area contributed by atoms with E-state index in [2.05, 4.69) is 32.9 Å². The molecule has 2 N–H and O–H groups in total. The Bertz CT molecular complexity index is 935. The number of carbonyl (C=O) groups excluding carboxylic acids is 1. The van der Waals surface area contributed by atoms with Crippen molar-refractivity contribution in [1.29, 1.82) is 0 Å². The van der Waals surface area contributed by atoms with Gasteiger partial charge in [0.15, 0.2) is 0 Å². The molecule has 27 heavy (non-hydrogen) atoms. The van der Waals surface area contributed by atoms with E-state index in [9.17, 15) is 9.90 Å². The maximum atomic E-state index is 12.2. The van der Waals surface area contributed by atoms with Gasteiger partial charge < -0.3 is 19.7 Å². The van der Waals surface area contributed by atoms with Gasteiger partial charge in [-0.25, -0.2) is 9.78 Å². The largest absolute Gasteiger partial charge is 0.392 e. The molecule has 0 radical (unpaired) electrons. The van der Waals surface area contributed by atoms with Crippen LogP contribution in [-0.2, 0) is 12.8 Å². The van der Waals surface area contributed by atoms with E-state index < -0.39 is 0 Å². The van der Waals surface area contributed by atoms with Crippen molar-refractivity contribution in [3.63, 3.8) is 0 Å². The fourth-order valence-corrected chi connectivity index (χ4v) is 4.50. The highest BCUT2D eigenvalue weighted by molar-refractivity contribution is 5.75. The number of aliphatic hydroxyl groups is 1. The van der Waals surface area contributed by atoms with E-state index >= 15 is 0 Å². The fourth-order valence-electron chi connectivity index (χ4n) is 4.50. The normalized spacial score (nSPS) is 21.1. The van der Waals surface area contributed by atoms with E-state index in [1.807, 2.05) is 17.4 Å². The van der Waals surface area contributed by atoms with Crippen LogP contribution < -0.4 is 10.5 Å². The third-order valence-electron chi connectivity index (χ3n) is 6.28. The summed E-state index contributed by atoms with van der Waals surface area (Å²) < 4.78 is 2.13. The van der Waals surface area contributed by atoms with Crippen LogP contribution in [0, 0.1) is 5.92 Å². The summed E-state index contributed by atoms with van der Waals surface area (Å²) in [7, 11) is 0. The number of aliphatic hydroxyl groups excluding tert-OH is 1. The van der Waals surface area contributed by atoms with Gasteiger partial charge in [0.1, 0.15) is 0 Å². The van der Waals surface area contributed by atoms with E-state index in [0.29, 0.717) is 12.5 Å². The molecule has 1 atom stereocenters. The van der Waals surface area contributed by atoms with Gasteiger partial charge in [0.2, 0.25) is 0 Å². The molecule has 5 rings (SSSR count). The molecule has 2 aromatic rings. The number of urea groups is 1. The van der Waals surface area contributed by atoms with Crippen LogP contribution in [0.4, 0.5) is 4.79 Å². The Morgan fingerprint density at radius 2 is 2.11 bits per heavy atom. The zero-order valence-corrected chi connectivity index (χ0v) is 15.5. The molecule has 2 amide bonds. The molecule has 2 fully saturated rings. The molecule has 3 heterocycles. The van der Waals surface area contributed by atoms with Crippen LogP contribution in [0.1, 0.15) is 36.9 Å². The first-order valence-corrected chi connectivity index (χ1v) is 10.1. The lowest BCUT2D eigenvalue weighted by atomic mass is 9.88. The van der Waals surface area contributed by atoms with Gasteiger partial charge in [-0.2, -0.15) is 0 Å². The molecule has 1 aliphatic heterocycles. The summed E-state index contributed by atoms with van der Waals surface area (Å²) in [5, 5.41) is 15.2. The number of aromatic nitrogens is 2. The van der Waals surface area contributed by atoms with E-state index in [1.54, 1.807) is 0 Å². The van der Waals surface area contributed by atoms with Crippen molar-refractivity contribution in [1.82, 2.24) is 19.6 Å². The minimum absolute atomic E-state index is 0.0676. The molecular weight excluding hydrogens is 340 g/mol. The zero-order valence-electron chi connectivity index (χ0n) is 15.5. The van der Waals surface area contributed by atoms with E-state index in [-0.39, 0.29) is 18.1 Å². The topological polar surface area (TPSA) is 69.9 Å². The summed E-state index contributed by atoms with van der Waals surface area (Å²) in [6.45, 7) is 1.47. The number of hydrogen-bond donors (Lipinski definition) is 2. The maximum Gasteiger partial charge on any atom is 0.317 e. The fraction of sp³-hybridized carbons (Fsp3) is 0.524. The maximum absolute atomic E-state index is 12.2. The molecule has 2 aliphatic carbocycles. The smallest absolute Gasteiger partial charge is 0.317 e. The van der Waals surface area contributed by atoms with E-state index in [1.165, 1.54) is 16.5 Å².